The van der Waals surface area contributed by atoms with Crippen LogP contribution in [0.5, 0.6) is 5.75 Å². The summed E-state index contributed by atoms with van der Waals surface area (Å²) in [5.41, 5.74) is 2.71. The zero-order valence-corrected chi connectivity index (χ0v) is 16.2. The number of carbonyl (C=O) groups is 1. The summed E-state index contributed by atoms with van der Waals surface area (Å²) in [6.45, 7) is 0. The number of methoxy groups -OCH3 is 1. The van der Waals surface area contributed by atoms with Gasteiger partial charge in [-0.1, -0.05) is 22.8 Å². The minimum atomic E-state index is -0.236. The molecule has 7 heteroatoms. The summed E-state index contributed by atoms with van der Waals surface area (Å²) >= 11 is 5.93. The minimum absolute atomic E-state index is 0.236. The number of benzene rings is 3. The predicted molar refractivity (Wildman–Crippen MR) is 111 cm³/mol. The lowest BCUT2D eigenvalue weighted by Gasteiger charge is -2.06. The highest BCUT2D eigenvalue weighted by atomic mass is 35.5. The number of hydrogen-bond donors (Lipinski definition) is 1. The van der Waals surface area contributed by atoms with Crippen molar-refractivity contribution >= 4 is 23.2 Å². The molecule has 29 heavy (non-hydrogen) atoms. The Hall–Kier alpha value is -3.64. The van der Waals surface area contributed by atoms with Gasteiger partial charge in [0, 0.05) is 27.4 Å². The maximum Gasteiger partial charge on any atom is 0.258 e. The van der Waals surface area contributed by atoms with Crippen molar-refractivity contribution in [2.45, 2.75) is 0 Å². The SMILES string of the molecule is COc1ccc(-c2noc(-c3ccc(NC(=O)c4cccc(Cl)c4)cc3)n2)cc1. The molecule has 0 fully saturated rings. The zero-order valence-electron chi connectivity index (χ0n) is 15.4. The van der Waals surface area contributed by atoms with E-state index < -0.39 is 0 Å². The Morgan fingerprint density at radius 3 is 2.41 bits per heavy atom. The van der Waals surface area contributed by atoms with Crippen molar-refractivity contribution < 1.29 is 14.1 Å². The minimum Gasteiger partial charge on any atom is -0.497 e. The molecule has 0 atom stereocenters. The number of rotatable bonds is 5. The number of nitrogens with zero attached hydrogens (tertiary/aromatic N) is 2. The summed E-state index contributed by atoms with van der Waals surface area (Å²) in [5, 5.41) is 7.37. The van der Waals surface area contributed by atoms with Gasteiger partial charge in [-0.3, -0.25) is 4.79 Å². The van der Waals surface area contributed by atoms with Crippen molar-refractivity contribution in [3.05, 3.63) is 83.4 Å². The molecule has 0 radical (unpaired) electrons. The lowest BCUT2D eigenvalue weighted by Crippen LogP contribution is -2.11. The summed E-state index contributed by atoms with van der Waals surface area (Å²) < 4.78 is 10.5. The fraction of sp³-hybridized carbons (Fsp3) is 0.0455. The van der Waals surface area contributed by atoms with Crippen LogP contribution in [0.3, 0.4) is 0 Å². The first-order valence-electron chi connectivity index (χ1n) is 8.78. The molecule has 0 saturated heterocycles. The van der Waals surface area contributed by atoms with Gasteiger partial charge in [-0.2, -0.15) is 4.98 Å². The molecule has 0 unspecified atom stereocenters. The molecule has 1 amide bonds. The first-order valence-corrected chi connectivity index (χ1v) is 9.16. The molecule has 4 rings (SSSR count). The van der Waals surface area contributed by atoms with E-state index in [2.05, 4.69) is 15.5 Å². The number of aromatic nitrogens is 2. The van der Waals surface area contributed by atoms with Crippen LogP contribution < -0.4 is 10.1 Å². The molecule has 0 spiro atoms. The van der Waals surface area contributed by atoms with Crippen molar-refractivity contribution in [1.82, 2.24) is 10.1 Å². The molecule has 0 aliphatic rings. The van der Waals surface area contributed by atoms with Crippen LogP contribution in [0.25, 0.3) is 22.8 Å². The van der Waals surface area contributed by atoms with Crippen molar-refractivity contribution in [1.29, 1.82) is 0 Å². The fourth-order valence-electron chi connectivity index (χ4n) is 2.73. The Bertz CT molecular complexity index is 1140. The number of nitrogens with one attached hydrogen (secondary N) is 1. The summed E-state index contributed by atoms with van der Waals surface area (Å²) in [5.74, 6) is 1.40. The van der Waals surface area contributed by atoms with Crippen LogP contribution in [0.1, 0.15) is 10.4 Å². The molecule has 0 bridgehead atoms. The number of amides is 1. The molecule has 1 N–H and O–H groups in total. The van der Waals surface area contributed by atoms with Crippen LogP contribution in [-0.2, 0) is 0 Å². The average molecular weight is 406 g/mol. The number of ether oxygens (including phenoxy) is 1. The normalized spacial score (nSPS) is 10.6. The first kappa shape index (κ1) is 18.7. The van der Waals surface area contributed by atoms with Crippen LogP contribution in [-0.4, -0.2) is 23.2 Å². The van der Waals surface area contributed by atoms with Crippen molar-refractivity contribution in [3.8, 4) is 28.6 Å². The molecular formula is C22H16ClN3O3. The molecule has 3 aromatic carbocycles. The van der Waals surface area contributed by atoms with Gasteiger partial charge in [0.25, 0.3) is 11.8 Å². The molecule has 6 nitrogen and oxygen atoms in total. The summed E-state index contributed by atoms with van der Waals surface area (Å²) in [6, 6.07) is 21.3. The molecule has 4 aromatic rings. The molecule has 0 saturated carbocycles. The molecule has 1 heterocycles. The largest absolute Gasteiger partial charge is 0.497 e. The quantitative estimate of drug-likeness (QED) is 0.486. The lowest BCUT2D eigenvalue weighted by atomic mass is 10.1. The average Bonchev–Trinajstić information content (AvgIpc) is 3.24. The third-order valence-electron chi connectivity index (χ3n) is 4.25. The van der Waals surface area contributed by atoms with Crippen molar-refractivity contribution in [2.75, 3.05) is 12.4 Å². The zero-order chi connectivity index (χ0) is 20.2. The van der Waals surface area contributed by atoms with E-state index in [4.69, 9.17) is 20.9 Å². The van der Waals surface area contributed by atoms with Crippen LogP contribution in [0.15, 0.2) is 77.3 Å². The summed E-state index contributed by atoms with van der Waals surface area (Å²) in [6.07, 6.45) is 0. The van der Waals surface area contributed by atoms with Gasteiger partial charge in [-0.25, -0.2) is 0 Å². The first-order chi connectivity index (χ1) is 14.1. The highest BCUT2D eigenvalue weighted by Gasteiger charge is 2.12. The van der Waals surface area contributed by atoms with Crippen molar-refractivity contribution in [3.63, 3.8) is 0 Å². The summed E-state index contributed by atoms with van der Waals surface area (Å²) in [4.78, 5) is 16.7. The van der Waals surface area contributed by atoms with E-state index >= 15 is 0 Å². The molecule has 0 aliphatic carbocycles. The Labute approximate surface area is 172 Å². The Balaban J connectivity index is 1.48. The van der Waals surface area contributed by atoms with Crippen LogP contribution in [0.2, 0.25) is 5.02 Å². The standard InChI is InChI=1S/C22H16ClN3O3/c1-28-19-11-7-14(8-12-19)20-25-22(29-26-20)15-5-9-18(10-6-15)24-21(27)16-3-2-4-17(23)13-16/h2-13H,1H3,(H,24,27). The highest BCUT2D eigenvalue weighted by molar-refractivity contribution is 6.31. The summed E-state index contributed by atoms with van der Waals surface area (Å²) in [7, 11) is 1.61. The van der Waals surface area contributed by atoms with E-state index in [1.54, 1.807) is 55.6 Å². The van der Waals surface area contributed by atoms with Gasteiger partial charge < -0.3 is 14.6 Å². The second-order valence-electron chi connectivity index (χ2n) is 6.19. The Morgan fingerprint density at radius 1 is 1.00 bits per heavy atom. The van der Waals surface area contributed by atoms with Gasteiger partial charge in [0.1, 0.15) is 5.75 Å². The maximum atomic E-state index is 12.3. The Morgan fingerprint density at radius 2 is 1.72 bits per heavy atom. The van der Waals surface area contributed by atoms with Crippen molar-refractivity contribution in [2.24, 2.45) is 0 Å². The number of hydrogen-bond acceptors (Lipinski definition) is 5. The van der Waals surface area contributed by atoms with E-state index in [1.807, 2.05) is 24.3 Å². The Kier molecular flexibility index (Phi) is 5.27. The number of carbonyl (C=O) groups excluding carboxylic acids is 1. The second-order valence-corrected chi connectivity index (χ2v) is 6.63. The van der Waals surface area contributed by atoms with Gasteiger partial charge in [0.15, 0.2) is 0 Å². The van der Waals surface area contributed by atoms with E-state index in [9.17, 15) is 4.79 Å². The lowest BCUT2D eigenvalue weighted by molar-refractivity contribution is 0.102. The smallest absolute Gasteiger partial charge is 0.258 e. The number of halogens is 1. The maximum absolute atomic E-state index is 12.3. The molecule has 0 aliphatic heterocycles. The van der Waals surface area contributed by atoms with Gasteiger partial charge in [-0.05, 0) is 66.7 Å². The highest BCUT2D eigenvalue weighted by Crippen LogP contribution is 2.25. The van der Waals surface area contributed by atoms with Crippen LogP contribution in [0.4, 0.5) is 5.69 Å². The van der Waals surface area contributed by atoms with Gasteiger partial charge in [-0.15, -0.1) is 0 Å². The van der Waals surface area contributed by atoms with E-state index in [0.29, 0.717) is 28.0 Å². The molecule has 144 valence electrons. The fourth-order valence-corrected chi connectivity index (χ4v) is 2.92. The van der Waals surface area contributed by atoms with E-state index in [0.717, 1.165) is 16.9 Å². The molecule has 1 aromatic heterocycles. The predicted octanol–water partition coefficient (Wildman–Crippen LogP) is 5.32. The van der Waals surface area contributed by atoms with Gasteiger partial charge >= 0.3 is 0 Å². The van der Waals surface area contributed by atoms with Crippen LogP contribution >= 0.6 is 11.6 Å². The number of anilines is 1. The third-order valence-corrected chi connectivity index (χ3v) is 4.49. The van der Waals surface area contributed by atoms with E-state index in [1.165, 1.54) is 0 Å². The van der Waals surface area contributed by atoms with Gasteiger partial charge in [0.05, 0.1) is 7.11 Å². The third kappa shape index (κ3) is 4.28. The van der Waals surface area contributed by atoms with E-state index in [-0.39, 0.29) is 5.91 Å². The van der Waals surface area contributed by atoms with Crippen LogP contribution in [0, 0.1) is 0 Å². The topological polar surface area (TPSA) is 77.3 Å². The monoisotopic (exact) mass is 405 g/mol. The van der Waals surface area contributed by atoms with Gasteiger partial charge in [0.2, 0.25) is 5.82 Å². The second kappa shape index (κ2) is 8.16. The molecular weight excluding hydrogens is 390 g/mol.